The van der Waals surface area contributed by atoms with Crippen molar-refractivity contribution in [3.63, 3.8) is 0 Å². The average molecular weight is 473 g/mol. The Morgan fingerprint density at radius 1 is 1.22 bits per heavy atom. The Morgan fingerprint density at radius 2 is 1.94 bits per heavy atom. The number of fused-ring (bicyclic) bond motifs is 1. The Labute approximate surface area is 197 Å². The number of hydrogen-bond acceptors (Lipinski definition) is 6. The second-order valence-corrected chi connectivity index (χ2v) is 9.72. The molecule has 0 saturated heterocycles. The number of benzene rings is 1. The average Bonchev–Trinajstić information content (AvgIpc) is 3.42. The first kappa shape index (κ1) is 22.9. The molecule has 2 aromatic heterocycles. The summed E-state index contributed by atoms with van der Waals surface area (Å²) in [5, 5.41) is 13.3. The largest absolute Gasteiger partial charge is 0.367 e. The molecule has 170 valence electrons. The van der Waals surface area contributed by atoms with E-state index in [0.29, 0.717) is 23.3 Å². The zero-order valence-corrected chi connectivity index (χ0v) is 20.3. The smallest absolute Gasteiger partial charge is 0.230 e. The summed E-state index contributed by atoms with van der Waals surface area (Å²) < 4.78 is 1.84. The van der Waals surface area contributed by atoms with Crippen LogP contribution in [0.1, 0.15) is 45.1 Å². The van der Waals surface area contributed by atoms with E-state index in [1.807, 2.05) is 35.2 Å². The molecule has 7 nitrogen and oxygen atoms in total. The molecule has 1 aliphatic carbocycles. The lowest BCUT2D eigenvalue weighted by atomic mass is 9.78. The van der Waals surface area contributed by atoms with Gasteiger partial charge in [0.15, 0.2) is 10.8 Å². The fraction of sp³-hybridized carbons (Fsp3) is 0.478. The number of halogens is 1. The number of hydrogen-bond donors (Lipinski definition) is 2. The normalized spacial score (nSPS) is 15.4. The van der Waals surface area contributed by atoms with Gasteiger partial charge in [0.2, 0.25) is 5.91 Å². The van der Waals surface area contributed by atoms with Crippen LogP contribution in [0.5, 0.6) is 0 Å². The number of rotatable bonds is 8. The highest BCUT2D eigenvalue weighted by Crippen LogP contribution is 2.41. The van der Waals surface area contributed by atoms with Crippen LogP contribution in [0.15, 0.2) is 35.6 Å². The van der Waals surface area contributed by atoms with Crippen molar-refractivity contribution >= 4 is 46.1 Å². The first-order valence-electron chi connectivity index (χ1n) is 11.0. The second-order valence-electron chi connectivity index (χ2n) is 8.51. The van der Waals surface area contributed by atoms with Crippen LogP contribution >= 0.6 is 23.4 Å². The molecule has 1 fully saturated rings. The highest BCUT2D eigenvalue weighted by Gasteiger charge is 2.42. The molecule has 2 heterocycles. The Morgan fingerprint density at radius 3 is 2.59 bits per heavy atom. The first-order chi connectivity index (χ1) is 15.4. The number of thioether (sulfide) groups is 1. The van der Waals surface area contributed by atoms with Crippen LogP contribution in [0.2, 0.25) is 5.02 Å². The lowest BCUT2D eigenvalue weighted by Gasteiger charge is -2.28. The van der Waals surface area contributed by atoms with Crippen molar-refractivity contribution in [1.29, 1.82) is 0 Å². The molecule has 32 heavy (non-hydrogen) atoms. The van der Waals surface area contributed by atoms with Crippen LogP contribution in [0.25, 0.3) is 11.0 Å². The van der Waals surface area contributed by atoms with Gasteiger partial charge in [-0.05, 0) is 50.6 Å². The van der Waals surface area contributed by atoms with Crippen LogP contribution in [0, 0.1) is 0 Å². The van der Waals surface area contributed by atoms with Crippen LogP contribution < -0.4 is 10.6 Å². The fourth-order valence-corrected chi connectivity index (χ4v) is 4.90. The van der Waals surface area contributed by atoms with E-state index in [0.717, 1.165) is 48.1 Å². The zero-order valence-electron chi connectivity index (χ0n) is 18.7. The van der Waals surface area contributed by atoms with Gasteiger partial charge in [0.05, 0.1) is 23.5 Å². The standard InChI is InChI=1S/C23H29ClN6OS/c1-15(2)27-19-18-14-26-30(20(18)29-22(28-19)32-3)13-12-25-21(31)23(10-4-5-11-23)16-6-8-17(24)9-7-16/h6-9,14-15H,4-5,10-13H2,1-3H3,(H,25,31)(H,27,28,29). The first-order valence-corrected chi connectivity index (χ1v) is 12.6. The zero-order chi connectivity index (χ0) is 22.7. The maximum absolute atomic E-state index is 13.3. The highest BCUT2D eigenvalue weighted by molar-refractivity contribution is 7.98. The molecule has 0 spiro atoms. The van der Waals surface area contributed by atoms with Gasteiger partial charge >= 0.3 is 0 Å². The van der Waals surface area contributed by atoms with Gasteiger partial charge in [-0.15, -0.1) is 0 Å². The monoisotopic (exact) mass is 472 g/mol. The third-order valence-electron chi connectivity index (χ3n) is 5.98. The number of carbonyl (C=O) groups is 1. The summed E-state index contributed by atoms with van der Waals surface area (Å²) in [4.78, 5) is 22.6. The summed E-state index contributed by atoms with van der Waals surface area (Å²) in [6, 6.07) is 7.95. The summed E-state index contributed by atoms with van der Waals surface area (Å²) in [5.41, 5.74) is 1.34. The van der Waals surface area contributed by atoms with Crippen molar-refractivity contribution in [3.8, 4) is 0 Å². The summed E-state index contributed by atoms with van der Waals surface area (Å²) in [5.74, 6) is 0.868. The van der Waals surface area contributed by atoms with E-state index < -0.39 is 5.41 Å². The van der Waals surface area contributed by atoms with Crippen molar-refractivity contribution < 1.29 is 4.79 Å². The topological polar surface area (TPSA) is 84.7 Å². The van der Waals surface area contributed by atoms with Crippen molar-refractivity contribution in [2.45, 2.75) is 62.7 Å². The molecule has 1 aliphatic rings. The van der Waals surface area contributed by atoms with Gasteiger partial charge in [-0.3, -0.25) is 4.79 Å². The third-order valence-corrected chi connectivity index (χ3v) is 6.78. The Balaban J connectivity index is 1.50. The summed E-state index contributed by atoms with van der Waals surface area (Å²) >= 11 is 7.56. The minimum Gasteiger partial charge on any atom is -0.367 e. The predicted octanol–water partition coefficient (Wildman–Crippen LogP) is 4.65. The SMILES string of the molecule is CSc1nc(NC(C)C)c2cnn(CCNC(=O)C3(c4ccc(Cl)cc4)CCCC3)c2n1. The molecular formula is C23H29ClN6OS. The molecule has 0 radical (unpaired) electrons. The number of nitrogens with zero attached hydrogens (tertiary/aromatic N) is 4. The lowest BCUT2D eigenvalue weighted by molar-refractivity contribution is -0.126. The van der Waals surface area contributed by atoms with Gasteiger partial charge < -0.3 is 10.6 Å². The molecular weight excluding hydrogens is 444 g/mol. The summed E-state index contributed by atoms with van der Waals surface area (Å²) in [7, 11) is 0. The molecule has 1 saturated carbocycles. The number of amides is 1. The maximum Gasteiger partial charge on any atom is 0.230 e. The Hall–Kier alpha value is -2.32. The quantitative estimate of drug-likeness (QED) is 0.366. The minimum absolute atomic E-state index is 0.0791. The molecule has 1 amide bonds. The number of nitrogens with one attached hydrogen (secondary N) is 2. The molecule has 0 atom stereocenters. The summed E-state index contributed by atoms with van der Waals surface area (Å²) in [6.45, 7) is 5.17. The predicted molar refractivity (Wildman–Crippen MR) is 130 cm³/mol. The van der Waals surface area contributed by atoms with Crippen molar-refractivity contribution in [1.82, 2.24) is 25.1 Å². The third kappa shape index (κ3) is 4.57. The van der Waals surface area contributed by atoms with E-state index in [4.69, 9.17) is 11.6 Å². The van der Waals surface area contributed by atoms with E-state index in [2.05, 4.69) is 39.5 Å². The molecule has 2 N–H and O–H groups in total. The minimum atomic E-state index is -0.473. The molecule has 0 bridgehead atoms. The van der Waals surface area contributed by atoms with Crippen LogP contribution in [-0.2, 0) is 16.8 Å². The molecule has 9 heteroatoms. The Bertz CT molecular complexity index is 1090. The Kier molecular flexibility index (Phi) is 6.90. The summed E-state index contributed by atoms with van der Waals surface area (Å²) in [6.07, 6.45) is 7.58. The number of anilines is 1. The van der Waals surface area contributed by atoms with Crippen molar-refractivity contribution in [2.75, 3.05) is 18.1 Å². The van der Waals surface area contributed by atoms with Crippen LogP contribution in [0.3, 0.4) is 0 Å². The highest BCUT2D eigenvalue weighted by atomic mass is 35.5. The van der Waals surface area contributed by atoms with Crippen molar-refractivity contribution in [2.24, 2.45) is 0 Å². The van der Waals surface area contributed by atoms with Gasteiger partial charge in [-0.2, -0.15) is 5.10 Å². The second kappa shape index (κ2) is 9.67. The molecule has 3 aromatic rings. The van der Waals surface area contributed by atoms with Gasteiger partial charge in [-0.1, -0.05) is 48.3 Å². The van der Waals surface area contributed by atoms with Crippen molar-refractivity contribution in [3.05, 3.63) is 41.0 Å². The maximum atomic E-state index is 13.3. The van der Waals surface area contributed by atoms with E-state index >= 15 is 0 Å². The van der Waals surface area contributed by atoms with Gasteiger partial charge in [0, 0.05) is 17.6 Å². The van der Waals surface area contributed by atoms with Crippen LogP contribution in [0.4, 0.5) is 5.82 Å². The molecule has 4 rings (SSSR count). The van der Waals surface area contributed by atoms with Crippen LogP contribution in [-0.4, -0.2) is 44.5 Å². The van der Waals surface area contributed by atoms with E-state index in [1.165, 1.54) is 11.8 Å². The fourth-order valence-electron chi connectivity index (χ4n) is 4.41. The number of aromatic nitrogens is 4. The lowest BCUT2D eigenvalue weighted by Crippen LogP contribution is -2.43. The van der Waals surface area contributed by atoms with E-state index in [1.54, 1.807) is 6.20 Å². The van der Waals surface area contributed by atoms with E-state index in [9.17, 15) is 4.79 Å². The van der Waals surface area contributed by atoms with Gasteiger partial charge in [-0.25, -0.2) is 14.6 Å². The molecule has 1 aromatic carbocycles. The molecule has 0 aliphatic heterocycles. The van der Waals surface area contributed by atoms with Gasteiger partial charge in [0.25, 0.3) is 0 Å². The van der Waals surface area contributed by atoms with E-state index in [-0.39, 0.29) is 11.9 Å². The van der Waals surface area contributed by atoms with Gasteiger partial charge in [0.1, 0.15) is 5.82 Å². The molecule has 0 unspecified atom stereocenters. The number of carbonyl (C=O) groups excluding carboxylic acids is 1.